The number of allylic oxidation sites excluding steroid dienone is 1. The Bertz CT molecular complexity index is 1420. The summed E-state index contributed by atoms with van der Waals surface area (Å²) in [6.07, 6.45) is 3.61. The Hall–Kier alpha value is -4.26. The average molecular weight is 429 g/mol. The van der Waals surface area contributed by atoms with Crippen LogP contribution in [0.5, 0.6) is 5.75 Å². The van der Waals surface area contributed by atoms with Crippen LogP contribution in [0.2, 0.25) is 0 Å². The summed E-state index contributed by atoms with van der Waals surface area (Å²) in [6.45, 7) is -2.93. The highest BCUT2D eigenvalue weighted by atomic mass is 19.3. The van der Waals surface area contributed by atoms with E-state index in [1.165, 1.54) is 24.3 Å². The molecule has 0 atom stereocenters. The van der Waals surface area contributed by atoms with E-state index in [-0.39, 0.29) is 11.5 Å². The van der Waals surface area contributed by atoms with E-state index >= 15 is 0 Å². The first-order valence-corrected chi connectivity index (χ1v) is 9.91. The number of alkyl halides is 2. The minimum atomic E-state index is -2.93. The molecule has 2 aromatic heterocycles. The van der Waals surface area contributed by atoms with Crippen molar-refractivity contribution in [3.8, 4) is 5.75 Å². The van der Waals surface area contributed by atoms with E-state index < -0.39 is 6.61 Å². The Morgan fingerprint density at radius 2 is 1.66 bits per heavy atom. The van der Waals surface area contributed by atoms with Crippen LogP contribution in [0.25, 0.3) is 33.6 Å². The Balaban J connectivity index is 1.61. The number of aromatic amines is 2. The van der Waals surface area contributed by atoms with Crippen molar-refractivity contribution in [1.82, 2.24) is 15.0 Å². The van der Waals surface area contributed by atoms with Crippen LogP contribution in [0.15, 0.2) is 79.0 Å². The first kappa shape index (κ1) is 19.7. The van der Waals surface area contributed by atoms with Crippen molar-refractivity contribution in [3.05, 3.63) is 95.9 Å². The molecule has 32 heavy (non-hydrogen) atoms. The van der Waals surface area contributed by atoms with Gasteiger partial charge < -0.3 is 14.7 Å². The monoisotopic (exact) mass is 429 g/mol. The highest BCUT2D eigenvalue weighted by Crippen LogP contribution is 2.27. The summed E-state index contributed by atoms with van der Waals surface area (Å²) in [4.78, 5) is 24.5. The third kappa shape index (κ3) is 3.76. The summed E-state index contributed by atoms with van der Waals surface area (Å²) in [5.41, 5.74) is 4.01. The second-order valence-corrected chi connectivity index (χ2v) is 7.18. The molecule has 2 heterocycles. The van der Waals surface area contributed by atoms with Gasteiger partial charge in [0.15, 0.2) is 5.78 Å². The Kier molecular flexibility index (Phi) is 4.99. The molecule has 0 spiro atoms. The molecule has 0 unspecified atom stereocenters. The third-order valence-electron chi connectivity index (χ3n) is 5.15. The fourth-order valence-electron chi connectivity index (χ4n) is 3.63. The molecule has 0 amide bonds. The molecule has 158 valence electrons. The number of halogens is 2. The van der Waals surface area contributed by atoms with Crippen molar-refractivity contribution in [1.29, 1.82) is 0 Å². The maximum Gasteiger partial charge on any atom is 0.387 e. The van der Waals surface area contributed by atoms with Gasteiger partial charge >= 0.3 is 6.61 Å². The van der Waals surface area contributed by atoms with Gasteiger partial charge in [0, 0.05) is 28.2 Å². The molecule has 0 saturated heterocycles. The lowest BCUT2D eigenvalue weighted by molar-refractivity contribution is -0.0498. The Labute approximate surface area is 181 Å². The molecule has 5 aromatic rings. The number of carbonyl (C=O) groups is 1. The highest BCUT2D eigenvalue weighted by Gasteiger charge is 2.19. The fraction of sp³-hybridized carbons (Fsp3) is 0.0400. The summed E-state index contributed by atoms with van der Waals surface area (Å²) in [5, 5.41) is 0.967. The molecule has 0 bridgehead atoms. The summed E-state index contributed by atoms with van der Waals surface area (Å²) in [6, 6.07) is 20.9. The van der Waals surface area contributed by atoms with Crippen molar-refractivity contribution in [2.75, 3.05) is 0 Å². The molecule has 0 radical (unpaired) electrons. The number of nitrogens with zero attached hydrogens (tertiary/aromatic N) is 1. The van der Waals surface area contributed by atoms with Crippen molar-refractivity contribution >= 4 is 39.4 Å². The lowest BCUT2D eigenvalue weighted by atomic mass is 10.00. The maximum absolute atomic E-state index is 13.5. The van der Waals surface area contributed by atoms with Crippen LogP contribution in [0.1, 0.15) is 21.7 Å². The first-order chi connectivity index (χ1) is 15.6. The minimum absolute atomic E-state index is 0.0116. The van der Waals surface area contributed by atoms with Crippen LogP contribution < -0.4 is 4.74 Å². The molecule has 5 nitrogen and oxygen atoms in total. The number of hydrogen-bond donors (Lipinski definition) is 2. The van der Waals surface area contributed by atoms with E-state index in [0.717, 1.165) is 27.5 Å². The van der Waals surface area contributed by atoms with Gasteiger partial charge in [-0.15, -0.1) is 0 Å². The number of rotatable bonds is 6. The van der Waals surface area contributed by atoms with Gasteiger partial charge in [0.2, 0.25) is 0 Å². The second-order valence-electron chi connectivity index (χ2n) is 7.18. The van der Waals surface area contributed by atoms with E-state index in [1.54, 1.807) is 6.08 Å². The summed E-state index contributed by atoms with van der Waals surface area (Å²) in [5.74, 6) is 0.120. The number of Topliss-reactive ketones (excluding diaryl/α,β-unsaturated/α-hetero) is 1. The van der Waals surface area contributed by atoms with Crippen molar-refractivity contribution in [2.24, 2.45) is 0 Å². The van der Waals surface area contributed by atoms with Crippen LogP contribution in [0.3, 0.4) is 0 Å². The van der Waals surface area contributed by atoms with Crippen LogP contribution in [0.4, 0.5) is 8.78 Å². The zero-order valence-corrected chi connectivity index (χ0v) is 16.7. The molecule has 0 saturated carbocycles. The number of imidazole rings is 1. The summed E-state index contributed by atoms with van der Waals surface area (Å²) in [7, 11) is 0. The van der Waals surface area contributed by atoms with Crippen molar-refractivity contribution < 1.29 is 18.3 Å². The zero-order chi connectivity index (χ0) is 22.1. The van der Waals surface area contributed by atoms with Crippen molar-refractivity contribution in [3.63, 3.8) is 0 Å². The molecule has 3 aromatic carbocycles. The normalized spacial score (nSPS) is 12.0. The Morgan fingerprint density at radius 1 is 0.938 bits per heavy atom. The van der Waals surface area contributed by atoms with E-state index in [0.29, 0.717) is 17.0 Å². The van der Waals surface area contributed by atoms with Gasteiger partial charge in [-0.05, 0) is 48.5 Å². The number of carbonyl (C=O) groups excluding carboxylic acids is 1. The maximum atomic E-state index is 13.5. The number of para-hydroxylation sites is 3. The molecular formula is C25H17F2N3O2. The number of aromatic nitrogens is 3. The molecule has 7 heteroatoms. The van der Waals surface area contributed by atoms with Crippen LogP contribution in [0, 0.1) is 0 Å². The van der Waals surface area contributed by atoms with Crippen molar-refractivity contribution in [2.45, 2.75) is 6.61 Å². The first-order valence-electron chi connectivity index (χ1n) is 9.91. The average Bonchev–Trinajstić information content (AvgIpc) is 3.41. The van der Waals surface area contributed by atoms with Gasteiger partial charge in [0.1, 0.15) is 11.6 Å². The number of ether oxygens (including phenoxy) is 1. The number of hydrogen-bond acceptors (Lipinski definition) is 3. The van der Waals surface area contributed by atoms with Gasteiger partial charge in [-0.25, -0.2) is 4.98 Å². The lowest BCUT2D eigenvalue weighted by Gasteiger charge is -2.07. The summed E-state index contributed by atoms with van der Waals surface area (Å²) < 4.78 is 29.3. The summed E-state index contributed by atoms with van der Waals surface area (Å²) >= 11 is 0. The molecule has 0 aliphatic heterocycles. The second kappa shape index (κ2) is 8.11. The van der Waals surface area contributed by atoms with Crippen LogP contribution >= 0.6 is 0 Å². The topological polar surface area (TPSA) is 70.8 Å². The van der Waals surface area contributed by atoms with Gasteiger partial charge in [-0.1, -0.05) is 30.3 Å². The van der Waals surface area contributed by atoms with E-state index in [4.69, 9.17) is 0 Å². The van der Waals surface area contributed by atoms with Crippen LogP contribution in [-0.2, 0) is 0 Å². The third-order valence-corrected chi connectivity index (χ3v) is 5.15. The Morgan fingerprint density at radius 3 is 2.41 bits per heavy atom. The fourth-order valence-corrected chi connectivity index (χ4v) is 3.63. The van der Waals surface area contributed by atoms with Gasteiger partial charge in [-0.3, -0.25) is 4.79 Å². The number of nitrogens with one attached hydrogen (secondary N) is 2. The smallest absolute Gasteiger partial charge is 0.387 e. The standard InChI is InChI=1S/C25H17F2N3O2/c26-25(27)32-17-11-9-15(10-12-17)23(31)19(24-29-21-7-3-4-8-22(21)30-24)13-16-14-28-20-6-2-1-5-18(16)20/h1-14,25,28H,(H,29,30). The molecule has 2 N–H and O–H groups in total. The number of benzene rings is 3. The largest absolute Gasteiger partial charge is 0.435 e. The van der Waals surface area contributed by atoms with Gasteiger partial charge in [0.25, 0.3) is 0 Å². The van der Waals surface area contributed by atoms with Crippen LogP contribution in [-0.4, -0.2) is 27.3 Å². The van der Waals surface area contributed by atoms with E-state index in [9.17, 15) is 13.6 Å². The number of H-pyrrole nitrogens is 2. The highest BCUT2D eigenvalue weighted by molar-refractivity contribution is 6.32. The minimum Gasteiger partial charge on any atom is -0.435 e. The predicted molar refractivity (Wildman–Crippen MR) is 120 cm³/mol. The predicted octanol–water partition coefficient (Wildman–Crippen LogP) is 6.07. The molecular weight excluding hydrogens is 412 g/mol. The lowest BCUT2D eigenvalue weighted by Crippen LogP contribution is -2.05. The molecule has 5 rings (SSSR count). The molecule has 0 fully saturated rings. The van der Waals surface area contributed by atoms with E-state index in [1.807, 2.05) is 54.7 Å². The number of ketones is 1. The van der Waals surface area contributed by atoms with Gasteiger partial charge in [0.05, 0.1) is 16.6 Å². The molecule has 0 aliphatic carbocycles. The van der Waals surface area contributed by atoms with E-state index in [2.05, 4.69) is 19.7 Å². The quantitative estimate of drug-likeness (QED) is 0.254. The van der Waals surface area contributed by atoms with Gasteiger partial charge in [-0.2, -0.15) is 8.78 Å². The SMILES string of the molecule is O=C(C(=Cc1c[nH]c2ccccc12)c1nc2ccccc2[nH]1)c1ccc(OC(F)F)cc1. The number of fused-ring (bicyclic) bond motifs is 2. The zero-order valence-electron chi connectivity index (χ0n) is 16.7. The molecule has 0 aliphatic rings.